The molecule has 1 atom stereocenters. The molecule has 1 fully saturated rings. The van der Waals surface area contributed by atoms with Crippen molar-refractivity contribution in [2.45, 2.75) is 43.9 Å². The van der Waals surface area contributed by atoms with E-state index in [1.54, 1.807) is 12.1 Å². The quantitative estimate of drug-likeness (QED) is 0.738. The fraction of sp³-hybridized carbons (Fsp3) is 0.476. The average Bonchev–Trinajstić information content (AvgIpc) is 2.70. The molecule has 1 heterocycles. The zero-order chi connectivity index (χ0) is 19.3. The van der Waals surface area contributed by atoms with Crippen LogP contribution in [0.3, 0.4) is 0 Å². The Labute approximate surface area is 161 Å². The molecule has 2 aromatic rings. The van der Waals surface area contributed by atoms with Crippen LogP contribution in [0, 0.1) is 5.92 Å². The van der Waals surface area contributed by atoms with Gasteiger partial charge in [0.2, 0.25) is 15.9 Å². The highest BCUT2D eigenvalue weighted by atomic mass is 32.2. The van der Waals surface area contributed by atoms with Gasteiger partial charge in [-0.05, 0) is 42.2 Å². The van der Waals surface area contributed by atoms with Crippen LogP contribution in [-0.2, 0) is 14.8 Å². The van der Waals surface area contributed by atoms with Gasteiger partial charge in [0.05, 0.1) is 10.8 Å². The summed E-state index contributed by atoms with van der Waals surface area (Å²) in [5.74, 6) is -0.292. The Morgan fingerprint density at radius 3 is 2.70 bits per heavy atom. The van der Waals surface area contributed by atoms with Crippen LogP contribution < -0.4 is 5.32 Å². The Morgan fingerprint density at radius 1 is 1.15 bits per heavy atom. The maximum atomic E-state index is 13.1. The maximum absolute atomic E-state index is 13.1. The van der Waals surface area contributed by atoms with Crippen molar-refractivity contribution in [3.05, 3.63) is 42.5 Å². The Morgan fingerprint density at radius 2 is 1.93 bits per heavy atom. The van der Waals surface area contributed by atoms with Crippen molar-refractivity contribution in [2.24, 2.45) is 5.92 Å². The molecule has 0 unspecified atom stereocenters. The number of carbonyl (C=O) groups excluding carboxylic acids is 1. The number of nitrogens with zero attached hydrogens (tertiary/aromatic N) is 1. The number of hydrogen-bond acceptors (Lipinski definition) is 3. The molecular formula is C21H28N2O3S. The Kier molecular flexibility index (Phi) is 6.50. The summed E-state index contributed by atoms with van der Waals surface area (Å²) >= 11 is 0. The molecule has 27 heavy (non-hydrogen) atoms. The number of nitrogens with one attached hydrogen (secondary N) is 1. The normalized spacial score (nSPS) is 18.5. The van der Waals surface area contributed by atoms with Gasteiger partial charge in [0.15, 0.2) is 0 Å². The lowest BCUT2D eigenvalue weighted by atomic mass is 9.99. The molecular weight excluding hydrogens is 360 g/mol. The highest BCUT2D eigenvalue weighted by Gasteiger charge is 2.33. The van der Waals surface area contributed by atoms with Crippen molar-refractivity contribution in [1.29, 1.82) is 0 Å². The van der Waals surface area contributed by atoms with E-state index in [0.29, 0.717) is 24.4 Å². The maximum Gasteiger partial charge on any atom is 0.243 e. The molecule has 1 N–H and O–H groups in total. The molecule has 0 bridgehead atoms. The van der Waals surface area contributed by atoms with Crippen LogP contribution in [0.5, 0.6) is 0 Å². The summed E-state index contributed by atoms with van der Waals surface area (Å²) in [6.45, 7) is 3.52. The smallest absolute Gasteiger partial charge is 0.243 e. The predicted molar refractivity (Wildman–Crippen MR) is 108 cm³/mol. The van der Waals surface area contributed by atoms with E-state index in [1.165, 1.54) is 4.31 Å². The van der Waals surface area contributed by atoms with Crippen molar-refractivity contribution in [3.63, 3.8) is 0 Å². The van der Waals surface area contributed by atoms with Crippen LogP contribution in [0.25, 0.3) is 10.8 Å². The molecule has 1 amide bonds. The first-order valence-electron chi connectivity index (χ1n) is 9.79. The summed E-state index contributed by atoms with van der Waals surface area (Å²) in [5.41, 5.74) is 0. The number of benzene rings is 2. The highest BCUT2D eigenvalue weighted by molar-refractivity contribution is 7.89. The monoisotopic (exact) mass is 388 g/mol. The summed E-state index contributed by atoms with van der Waals surface area (Å²) in [6, 6.07) is 12.9. The zero-order valence-electron chi connectivity index (χ0n) is 15.9. The lowest BCUT2D eigenvalue weighted by Gasteiger charge is -2.31. The van der Waals surface area contributed by atoms with Gasteiger partial charge in [-0.2, -0.15) is 4.31 Å². The van der Waals surface area contributed by atoms with E-state index in [4.69, 9.17) is 0 Å². The number of rotatable bonds is 7. The van der Waals surface area contributed by atoms with E-state index in [1.807, 2.05) is 30.3 Å². The lowest BCUT2D eigenvalue weighted by molar-refractivity contribution is -0.126. The SMILES string of the molecule is CCCCCNC(=O)[C@@H]1CCCN(S(=O)(=O)c2ccc3ccccc3c2)C1. The number of carbonyl (C=O) groups is 1. The minimum Gasteiger partial charge on any atom is -0.356 e. The van der Waals surface area contributed by atoms with Crippen LogP contribution in [0.2, 0.25) is 0 Å². The second kappa shape index (κ2) is 8.85. The Bertz CT molecular complexity index is 895. The third kappa shape index (κ3) is 4.68. The number of unbranched alkanes of at least 4 members (excludes halogenated alkanes) is 2. The second-order valence-corrected chi connectivity index (χ2v) is 9.15. The van der Waals surface area contributed by atoms with E-state index in [-0.39, 0.29) is 18.4 Å². The molecule has 5 nitrogen and oxygen atoms in total. The van der Waals surface area contributed by atoms with E-state index in [0.717, 1.165) is 36.5 Å². The van der Waals surface area contributed by atoms with E-state index >= 15 is 0 Å². The van der Waals surface area contributed by atoms with E-state index in [9.17, 15) is 13.2 Å². The van der Waals surface area contributed by atoms with Crippen LogP contribution in [0.15, 0.2) is 47.4 Å². The van der Waals surface area contributed by atoms with Gasteiger partial charge in [-0.1, -0.05) is 50.1 Å². The molecule has 6 heteroatoms. The first-order chi connectivity index (χ1) is 13.0. The molecule has 0 spiro atoms. The summed E-state index contributed by atoms with van der Waals surface area (Å²) < 4.78 is 27.7. The van der Waals surface area contributed by atoms with Gasteiger partial charge in [-0.25, -0.2) is 8.42 Å². The minimum atomic E-state index is -3.60. The van der Waals surface area contributed by atoms with Gasteiger partial charge < -0.3 is 5.32 Å². The fourth-order valence-corrected chi connectivity index (χ4v) is 5.14. The van der Waals surface area contributed by atoms with Crippen molar-refractivity contribution in [3.8, 4) is 0 Å². The number of amides is 1. The Hall–Kier alpha value is -1.92. The van der Waals surface area contributed by atoms with E-state index in [2.05, 4.69) is 12.2 Å². The largest absolute Gasteiger partial charge is 0.356 e. The standard InChI is InChI=1S/C21H28N2O3S/c1-2-3-6-13-22-21(24)19-10-7-14-23(16-19)27(25,26)20-12-11-17-8-4-5-9-18(17)15-20/h4-5,8-9,11-12,15,19H,2-3,6-7,10,13-14,16H2,1H3,(H,22,24)/t19-/m1/s1. The molecule has 0 aromatic heterocycles. The van der Waals surface area contributed by atoms with Crippen molar-refractivity contribution < 1.29 is 13.2 Å². The van der Waals surface area contributed by atoms with Crippen molar-refractivity contribution in [2.75, 3.05) is 19.6 Å². The lowest BCUT2D eigenvalue weighted by Crippen LogP contribution is -2.45. The van der Waals surface area contributed by atoms with Gasteiger partial charge in [-0.15, -0.1) is 0 Å². The molecule has 0 saturated carbocycles. The minimum absolute atomic E-state index is 0.0236. The van der Waals surface area contributed by atoms with Gasteiger partial charge in [0.1, 0.15) is 0 Å². The molecule has 1 aliphatic heterocycles. The summed E-state index contributed by atoms with van der Waals surface area (Å²) in [6.07, 6.45) is 4.61. The average molecular weight is 389 g/mol. The fourth-order valence-electron chi connectivity index (χ4n) is 3.58. The summed E-state index contributed by atoms with van der Waals surface area (Å²) in [7, 11) is -3.60. The van der Waals surface area contributed by atoms with Crippen LogP contribution >= 0.6 is 0 Å². The molecule has 2 aromatic carbocycles. The first-order valence-corrected chi connectivity index (χ1v) is 11.2. The number of fused-ring (bicyclic) bond motifs is 1. The molecule has 0 radical (unpaired) electrons. The van der Waals surface area contributed by atoms with Gasteiger partial charge in [0, 0.05) is 19.6 Å². The molecule has 146 valence electrons. The first kappa shape index (κ1) is 19.8. The Balaban J connectivity index is 1.71. The summed E-state index contributed by atoms with van der Waals surface area (Å²) in [5, 5.41) is 4.88. The molecule has 1 aliphatic rings. The zero-order valence-corrected chi connectivity index (χ0v) is 16.7. The number of sulfonamides is 1. The molecule has 1 saturated heterocycles. The highest BCUT2D eigenvalue weighted by Crippen LogP contribution is 2.26. The summed E-state index contributed by atoms with van der Waals surface area (Å²) in [4.78, 5) is 12.7. The molecule has 3 rings (SSSR count). The molecule has 0 aliphatic carbocycles. The number of hydrogen-bond donors (Lipinski definition) is 1. The topological polar surface area (TPSA) is 66.5 Å². The van der Waals surface area contributed by atoms with Crippen molar-refractivity contribution >= 4 is 26.7 Å². The van der Waals surface area contributed by atoms with Crippen LogP contribution in [-0.4, -0.2) is 38.3 Å². The third-order valence-electron chi connectivity index (χ3n) is 5.19. The number of piperidine rings is 1. The van der Waals surface area contributed by atoms with Gasteiger partial charge in [0.25, 0.3) is 0 Å². The van der Waals surface area contributed by atoms with Crippen LogP contribution in [0.4, 0.5) is 0 Å². The third-order valence-corrected chi connectivity index (χ3v) is 7.05. The van der Waals surface area contributed by atoms with Crippen LogP contribution in [0.1, 0.15) is 39.0 Å². The van der Waals surface area contributed by atoms with Gasteiger partial charge >= 0.3 is 0 Å². The predicted octanol–water partition coefficient (Wildman–Crippen LogP) is 3.55. The van der Waals surface area contributed by atoms with E-state index < -0.39 is 10.0 Å². The second-order valence-electron chi connectivity index (χ2n) is 7.21. The van der Waals surface area contributed by atoms with Gasteiger partial charge in [-0.3, -0.25) is 4.79 Å². The van der Waals surface area contributed by atoms with Crippen molar-refractivity contribution in [1.82, 2.24) is 9.62 Å².